The van der Waals surface area contributed by atoms with Crippen LogP contribution in [0, 0.1) is 6.92 Å². The number of hydrogen-bond acceptors (Lipinski definition) is 11. The molecule has 3 aliphatic heterocycles. The summed E-state index contributed by atoms with van der Waals surface area (Å²) in [5, 5.41) is 8.92. The Bertz CT molecular complexity index is 2170. The molecule has 0 bridgehead atoms. The number of aryl methyl sites for hydroxylation is 1. The van der Waals surface area contributed by atoms with Gasteiger partial charge in [-0.2, -0.15) is 4.98 Å². The van der Waals surface area contributed by atoms with E-state index in [1.165, 1.54) is 16.9 Å². The lowest BCUT2D eigenvalue weighted by Gasteiger charge is -2.36. The number of anilines is 3. The van der Waals surface area contributed by atoms with Crippen LogP contribution in [-0.4, -0.2) is 90.8 Å². The first-order valence-corrected chi connectivity index (χ1v) is 17.8. The number of Topliss-reactive ketones (excluding diaryl/α,β-unsaturated/α-hetero) is 1. The minimum Gasteiger partial charge on any atom is -0.368 e. The normalized spacial score (nSPS) is 18.3. The molecule has 4 aliphatic rings. The lowest BCUT2D eigenvalue weighted by Crippen LogP contribution is -2.56. The molecule has 6 heterocycles. The van der Waals surface area contributed by atoms with E-state index in [4.69, 9.17) is 4.98 Å². The monoisotopic (exact) mass is 704 g/mol. The number of benzene rings is 1. The number of hydrazine groups is 1. The van der Waals surface area contributed by atoms with Gasteiger partial charge in [0.25, 0.3) is 11.5 Å². The second-order valence-electron chi connectivity index (χ2n) is 14.0. The molecule has 4 amide bonds. The van der Waals surface area contributed by atoms with E-state index in [9.17, 15) is 24.0 Å². The average Bonchev–Trinajstić information content (AvgIpc) is 3.77. The molecule has 0 radical (unpaired) electrons. The highest BCUT2D eigenvalue weighted by Gasteiger charge is 2.37. The maximum Gasteiger partial charge on any atom is 0.342 e. The number of carbonyl (C=O) groups is 4. The van der Waals surface area contributed by atoms with E-state index in [1.807, 2.05) is 36.5 Å². The van der Waals surface area contributed by atoms with E-state index in [1.54, 1.807) is 17.7 Å². The van der Waals surface area contributed by atoms with Crippen molar-refractivity contribution >= 4 is 52.1 Å². The lowest BCUT2D eigenvalue weighted by atomic mass is 10.0. The molecule has 2 N–H and O–H groups in total. The van der Waals surface area contributed by atoms with Gasteiger partial charge in [-0.25, -0.2) is 24.8 Å². The van der Waals surface area contributed by atoms with Gasteiger partial charge in [-0.1, -0.05) is 25.0 Å². The first kappa shape index (κ1) is 33.4. The minimum atomic E-state index is -0.566. The third kappa shape index (κ3) is 6.14. The van der Waals surface area contributed by atoms with E-state index in [2.05, 4.69) is 30.4 Å². The lowest BCUT2D eigenvalue weighted by molar-refractivity contribution is -0.123. The number of ketones is 1. The molecule has 0 spiro atoms. The predicted molar refractivity (Wildman–Crippen MR) is 192 cm³/mol. The maximum absolute atomic E-state index is 13.5. The Hall–Kier alpha value is -5.70. The summed E-state index contributed by atoms with van der Waals surface area (Å²) < 4.78 is 1.70. The topological polar surface area (TPSA) is 166 Å². The maximum atomic E-state index is 13.5. The molecule has 52 heavy (non-hydrogen) atoms. The quantitative estimate of drug-likeness (QED) is 0.257. The van der Waals surface area contributed by atoms with Crippen molar-refractivity contribution in [2.45, 2.75) is 65.1 Å². The SMILES string of the molecule is CC(=O)c1c(C)c2cnc(Nc3ccc(N4CCN(Cc5ccc6c(c5)CN(N5CCC(=O)NC5=O)C6=O)CC4)cn3)nc2n(C2CCCC2)c1=O. The third-order valence-electron chi connectivity index (χ3n) is 10.7. The van der Waals surface area contributed by atoms with E-state index < -0.39 is 6.03 Å². The summed E-state index contributed by atoms with van der Waals surface area (Å²) in [4.78, 5) is 81.5. The van der Waals surface area contributed by atoms with Gasteiger partial charge in [-0.05, 0) is 61.6 Å². The number of nitrogens with zero attached hydrogens (tertiary/aromatic N) is 8. The van der Waals surface area contributed by atoms with Crippen LogP contribution in [0.15, 0.2) is 47.5 Å². The molecule has 3 fully saturated rings. The van der Waals surface area contributed by atoms with Gasteiger partial charge in [0.2, 0.25) is 11.9 Å². The summed E-state index contributed by atoms with van der Waals surface area (Å²) >= 11 is 0. The van der Waals surface area contributed by atoms with Crippen LogP contribution in [0.4, 0.5) is 22.2 Å². The number of urea groups is 1. The number of piperazine rings is 1. The largest absolute Gasteiger partial charge is 0.368 e. The van der Waals surface area contributed by atoms with E-state index >= 15 is 0 Å². The van der Waals surface area contributed by atoms with E-state index in [0.29, 0.717) is 40.5 Å². The van der Waals surface area contributed by atoms with Crippen LogP contribution in [0.1, 0.15) is 82.5 Å². The van der Waals surface area contributed by atoms with Crippen LogP contribution in [0.5, 0.6) is 0 Å². The van der Waals surface area contributed by atoms with Crippen molar-refractivity contribution in [3.8, 4) is 0 Å². The first-order chi connectivity index (χ1) is 25.1. The van der Waals surface area contributed by atoms with Crippen LogP contribution in [0.3, 0.4) is 0 Å². The molecule has 1 saturated carbocycles. The summed E-state index contributed by atoms with van der Waals surface area (Å²) in [5.74, 6) is 0.0998. The molecule has 8 rings (SSSR count). The van der Waals surface area contributed by atoms with Gasteiger partial charge in [0, 0.05) is 62.3 Å². The molecule has 1 aliphatic carbocycles. The van der Waals surface area contributed by atoms with Crippen molar-refractivity contribution in [2.75, 3.05) is 42.9 Å². The van der Waals surface area contributed by atoms with Gasteiger partial charge < -0.3 is 10.2 Å². The van der Waals surface area contributed by atoms with Gasteiger partial charge in [0.15, 0.2) is 5.78 Å². The fourth-order valence-electron chi connectivity index (χ4n) is 7.93. The Morgan fingerprint density at radius 2 is 1.73 bits per heavy atom. The standard InChI is InChI=1S/C37H40N10O5/c1-22-29-19-39-36(42-33(29)47(26-5-3-4-6-26)35(51)32(22)23(2)48)40-30-10-8-27(18-38-30)44-15-13-43(14-16-44)20-24-7-9-28-25(17-24)21-46(34(28)50)45-12-11-31(49)41-37(45)52/h7-10,17-19,26H,3-6,11-16,20-21H2,1-2H3,(H,41,49,52)(H,38,39,40,42). The molecule has 0 atom stereocenters. The van der Waals surface area contributed by atoms with Crippen molar-refractivity contribution in [2.24, 2.45) is 0 Å². The molecular formula is C37H40N10O5. The molecular weight excluding hydrogens is 664 g/mol. The summed E-state index contributed by atoms with van der Waals surface area (Å²) in [6.45, 7) is 7.78. The van der Waals surface area contributed by atoms with E-state index in [0.717, 1.165) is 75.2 Å². The number of carbonyl (C=O) groups excluding carboxylic acids is 4. The third-order valence-corrected chi connectivity index (χ3v) is 10.7. The number of nitrogens with one attached hydrogen (secondary N) is 2. The Morgan fingerprint density at radius 1 is 0.942 bits per heavy atom. The molecule has 4 aromatic rings. The second-order valence-corrected chi connectivity index (χ2v) is 14.0. The molecule has 1 aromatic carbocycles. The molecule has 268 valence electrons. The number of hydrogen-bond donors (Lipinski definition) is 2. The van der Waals surface area contributed by atoms with E-state index in [-0.39, 0.29) is 47.7 Å². The number of amides is 4. The van der Waals surface area contributed by atoms with Crippen molar-refractivity contribution in [3.05, 3.63) is 80.9 Å². The molecule has 2 saturated heterocycles. The Balaban J connectivity index is 0.898. The highest BCUT2D eigenvalue weighted by Crippen LogP contribution is 2.32. The number of rotatable bonds is 8. The highest BCUT2D eigenvalue weighted by molar-refractivity contribution is 6.02. The smallest absolute Gasteiger partial charge is 0.342 e. The van der Waals surface area contributed by atoms with Crippen LogP contribution in [0.2, 0.25) is 0 Å². The predicted octanol–water partition coefficient (Wildman–Crippen LogP) is 3.69. The van der Waals surface area contributed by atoms with Crippen molar-refractivity contribution in [1.82, 2.24) is 39.8 Å². The summed E-state index contributed by atoms with van der Waals surface area (Å²) in [7, 11) is 0. The number of pyridine rings is 2. The first-order valence-electron chi connectivity index (χ1n) is 17.8. The second kappa shape index (κ2) is 13.5. The Kier molecular flexibility index (Phi) is 8.65. The van der Waals surface area contributed by atoms with Crippen LogP contribution >= 0.6 is 0 Å². The fourth-order valence-corrected chi connectivity index (χ4v) is 7.93. The number of aromatic nitrogens is 4. The van der Waals surface area contributed by atoms with Crippen LogP contribution < -0.4 is 21.1 Å². The summed E-state index contributed by atoms with van der Waals surface area (Å²) in [5.41, 5.74) is 4.63. The van der Waals surface area contributed by atoms with Gasteiger partial charge in [-0.15, -0.1) is 0 Å². The zero-order chi connectivity index (χ0) is 36.1. The minimum absolute atomic E-state index is 0.00425. The van der Waals surface area contributed by atoms with Gasteiger partial charge >= 0.3 is 6.03 Å². The number of fused-ring (bicyclic) bond motifs is 2. The van der Waals surface area contributed by atoms with Crippen LogP contribution in [0.25, 0.3) is 11.0 Å². The zero-order valence-electron chi connectivity index (χ0n) is 29.2. The zero-order valence-corrected chi connectivity index (χ0v) is 29.2. The van der Waals surface area contributed by atoms with Crippen molar-refractivity contribution in [3.63, 3.8) is 0 Å². The highest BCUT2D eigenvalue weighted by atomic mass is 16.2. The summed E-state index contributed by atoms with van der Waals surface area (Å²) in [6, 6.07) is 9.20. The van der Waals surface area contributed by atoms with Crippen molar-refractivity contribution in [1.29, 1.82) is 0 Å². The molecule has 3 aromatic heterocycles. The van der Waals surface area contributed by atoms with Gasteiger partial charge in [0.05, 0.1) is 30.5 Å². The Morgan fingerprint density at radius 3 is 2.44 bits per heavy atom. The molecule has 15 heteroatoms. The molecule has 0 unspecified atom stereocenters. The number of imide groups is 1. The van der Waals surface area contributed by atoms with Crippen molar-refractivity contribution < 1.29 is 19.2 Å². The average molecular weight is 705 g/mol. The summed E-state index contributed by atoms with van der Waals surface area (Å²) in [6.07, 6.45) is 7.50. The molecule has 15 nitrogen and oxygen atoms in total. The fraction of sp³-hybridized carbons (Fsp3) is 0.405. The Labute approximate surface area is 299 Å². The van der Waals surface area contributed by atoms with Crippen LogP contribution in [-0.2, 0) is 17.9 Å². The van der Waals surface area contributed by atoms with Gasteiger partial charge in [0.1, 0.15) is 11.5 Å². The van der Waals surface area contributed by atoms with Gasteiger partial charge in [-0.3, -0.25) is 34.0 Å².